The van der Waals surface area contributed by atoms with Crippen LogP contribution >= 0.6 is 0 Å². The second-order valence-corrected chi connectivity index (χ2v) is 6.25. The number of allylic oxidation sites excluding steroid dienone is 2. The maximum Gasteiger partial charge on any atom is 0.136 e. The molecule has 0 aromatic rings. The molecule has 1 saturated carbocycles. The van der Waals surface area contributed by atoms with Crippen LogP contribution in [0.1, 0.15) is 59.3 Å². The summed E-state index contributed by atoms with van der Waals surface area (Å²) < 4.78 is 0. The summed E-state index contributed by atoms with van der Waals surface area (Å²) in [5, 5.41) is 0. The van der Waals surface area contributed by atoms with E-state index in [0.717, 1.165) is 19.3 Å². The van der Waals surface area contributed by atoms with Gasteiger partial charge in [0.1, 0.15) is 5.78 Å². The molecule has 0 N–H and O–H groups in total. The first kappa shape index (κ1) is 11.9. The summed E-state index contributed by atoms with van der Waals surface area (Å²) in [6.45, 7) is 6.87. The van der Waals surface area contributed by atoms with Crippen molar-refractivity contribution in [1.29, 1.82) is 0 Å². The fraction of sp³-hybridized carbons (Fsp3) is 0.800. The smallest absolute Gasteiger partial charge is 0.136 e. The summed E-state index contributed by atoms with van der Waals surface area (Å²) in [7, 11) is 0. The van der Waals surface area contributed by atoms with E-state index in [0.29, 0.717) is 17.6 Å². The van der Waals surface area contributed by atoms with E-state index in [1.807, 2.05) is 0 Å². The largest absolute Gasteiger partial charge is 0.299 e. The topological polar surface area (TPSA) is 17.1 Å². The van der Waals surface area contributed by atoms with Gasteiger partial charge in [-0.2, -0.15) is 0 Å². The average Bonchev–Trinajstić information content (AvgIpc) is 2.66. The molecule has 0 aromatic heterocycles. The Labute approximate surface area is 99.3 Å². The summed E-state index contributed by atoms with van der Waals surface area (Å²) in [5.74, 6) is 1.57. The van der Waals surface area contributed by atoms with Crippen LogP contribution in [0, 0.1) is 17.3 Å². The minimum Gasteiger partial charge on any atom is -0.299 e. The maximum absolute atomic E-state index is 11.9. The van der Waals surface area contributed by atoms with Crippen molar-refractivity contribution in [2.24, 2.45) is 17.3 Å². The quantitative estimate of drug-likeness (QED) is 0.639. The average molecular weight is 220 g/mol. The van der Waals surface area contributed by atoms with E-state index < -0.39 is 0 Å². The number of rotatable bonds is 2. The summed E-state index contributed by atoms with van der Waals surface area (Å²) in [5.41, 5.74) is 1.75. The summed E-state index contributed by atoms with van der Waals surface area (Å²) in [6.07, 6.45) is 9.15. The Morgan fingerprint density at radius 1 is 1.25 bits per heavy atom. The number of hydrogen-bond acceptors (Lipinski definition) is 1. The molecule has 1 heteroatoms. The van der Waals surface area contributed by atoms with Gasteiger partial charge in [0.15, 0.2) is 0 Å². The van der Waals surface area contributed by atoms with Gasteiger partial charge in [-0.3, -0.25) is 4.79 Å². The molecule has 0 saturated heterocycles. The van der Waals surface area contributed by atoms with E-state index in [-0.39, 0.29) is 5.41 Å². The van der Waals surface area contributed by atoms with Crippen LogP contribution < -0.4 is 0 Å². The number of hydrogen-bond donors (Lipinski definition) is 0. The van der Waals surface area contributed by atoms with Gasteiger partial charge < -0.3 is 0 Å². The number of ketones is 1. The molecule has 0 spiro atoms. The van der Waals surface area contributed by atoms with Gasteiger partial charge in [0.05, 0.1) is 0 Å². The lowest BCUT2D eigenvalue weighted by Gasteiger charge is -2.40. The van der Waals surface area contributed by atoms with E-state index in [1.54, 1.807) is 0 Å². The molecule has 2 aliphatic carbocycles. The third-order valence-electron chi connectivity index (χ3n) is 4.89. The van der Waals surface area contributed by atoms with Gasteiger partial charge in [-0.1, -0.05) is 25.5 Å². The van der Waals surface area contributed by atoms with Crippen LogP contribution in [0.4, 0.5) is 0 Å². The highest BCUT2D eigenvalue weighted by Gasteiger charge is 2.42. The number of carbonyl (C=O) groups is 1. The normalized spacial score (nSPS) is 31.7. The van der Waals surface area contributed by atoms with E-state index in [1.165, 1.54) is 24.8 Å². The Morgan fingerprint density at radius 3 is 2.50 bits per heavy atom. The maximum atomic E-state index is 11.9. The molecule has 90 valence electrons. The van der Waals surface area contributed by atoms with Crippen LogP contribution in [-0.4, -0.2) is 5.78 Å². The van der Waals surface area contributed by atoms with E-state index in [4.69, 9.17) is 0 Å². The highest BCUT2D eigenvalue weighted by atomic mass is 16.1. The van der Waals surface area contributed by atoms with Crippen molar-refractivity contribution in [3.8, 4) is 0 Å². The van der Waals surface area contributed by atoms with Crippen molar-refractivity contribution in [2.45, 2.75) is 59.3 Å². The van der Waals surface area contributed by atoms with Gasteiger partial charge in [-0.25, -0.2) is 0 Å². The Hall–Kier alpha value is -0.590. The van der Waals surface area contributed by atoms with Crippen molar-refractivity contribution in [1.82, 2.24) is 0 Å². The molecule has 1 nitrogen and oxygen atoms in total. The van der Waals surface area contributed by atoms with Gasteiger partial charge in [0, 0.05) is 12.3 Å². The second-order valence-electron chi connectivity index (χ2n) is 6.25. The van der Waals surface area contributed by atoms with Crippen molar-refractivity contribution in [3.05, 3.63) is 11.6 Å². The molecule has 0 aliphatic heterocycles. The predicted molar refractivity (Wildman–Crippen MR) is 67.2 cm³/mol. The fourth-order valence-corrected chi connectivity index (χ4v) is 3.53. The summed E-state index contributed by atoms with van der Waals surface area (Å²) >= 11 is 0. The molecular formula is C15H24O. The molecule has 2 atom stereocenters. The zero-order chi connectivity index (χ0) is 11.8. The van der Waals surface area contributed by atoms with Crippen LogP contribution in [-0.2, 0) is 4.79 Å². The molecule has 0 bridgehead atoms. The first-order chi connectivity index (χ1) is 7.51. The zero-order valence-electron chi connectivity index (χ0n) is 10.9. The highest BCUT2D eigenvalue weighted by molar-refractivity contribution is 5.83. The molecule has 0 radical (unpaired) electrons. The third kappa shape index (κ3) is 2.09. The van der Waals surface area contributed by atoms with Crippen LogP contribution in [0.5, 0.6) is 0 Å². The molecule has 1 fully saturated rings. The van der Waals surface area contributed by atoms with Crippen molar-refractivity contribution in [3.63, 3.8) is 0 Å². The minimum atomic E-state index is 0.213. The fourth-order valence-electron chi connectivity index (χ4n) is 3.53. The first-order valence-corrected chi connectivity index (χ1v) is 6.70. The van der Waals surface area contributed by atoms with Crippen LogP contribution in [0.2, 0.25) is 0 Å². The minimum absolute atomic E-state index is 0.213. The Morgan fingerprint density at radius 2 is 2.00 bits per heavy atom. The lowest BCUT2D eigenvalue weighted by atomic mass is 9.64. The van der Waals surface area contributed by atoms with Crippen molar-refractivity contribution < 1.29 is 4.79 Å². The number of Topliss-reactive ketones (excluding diaryl/α,β-unsaturated/α-hetero) is 1. The zero-order valence-corrected chi connectivity index (χ0v) is 10.9. The SMILES string of the molecule is CC1=CCC(C(C)(C)C2CCCC2=O)CC1. The molecule has 2 aliphatic rings. The van der Waals surface area contributed by atoms with E-state index in [2.05, 4.69) is 26.8 Å². The molecule has 2 rings (SSSR count). The predicted octanol–water partition coefficient (Wildman–Crippen LogP) is 4.13. The molecule has 2 unspecified atom stereocenters. The van der Waals surface area contributed by atoms with E-state index in [9.17, 15) is 4.79 Å². The van der Waals surface area contributed by atoms with Crippen LogP contribution in [0.25, 0.3) is 0 Å². The van der Waals surface area contributed by atoms with Gasteiger partial charge in [-0.05, 0) is 50.4 Å². The van der Waals surface area contributed by atoms with Gasteiger partial charge >= 0.3 is 0 Å². The molecule has 0 heterocycles. The lowest BCUT2D eigenvalue weighted by molar-refractivity contribution is -0.125. The highest BCUT2D eigenvalue weighted by Crippen LogP contribution is 2.47. The Balaban J connectivity index is 2.09. The monoisotopic (exact) mass is 220 g/mol. The van der Waals surface area contributed by atoms with Gasteiger partial charge in [0.2, 0.25) is 0 Å². The van der Waals surface area contributed by atoms with Gasteiger partial charge in [0.25, 0.3) is 0 Å². The third-order valence-corrected chi connectivity index (χ3v) is 4.89. The van der Waals surface area contributed by atoms with Gasteiger partial charge in [-0.15, -0.1) is 0 Å². The molecule has 0 aromatic carbocycles. The summed E-state index contributed by atoms with van der Waals surface area (Å²) in [6, 6.07) is 0. The summed E-state index contributed by atoms with van der Waals surface area (Å²) in [4.78, 5) is 11.9. The number of carbonyl (C=O) groups excluding carboxylic acids is 1. The molecule has 16 heavy (non-hydrogen) atoms. The van der Waals surface area contributed by atoms with Crippen molar-refractivity contribution >= 4 is 5.78 Å². The Kier molecular flexibility index (Phi) is 3.23. The lowest BCUT2D eigenvalue weighted by Crippen LogP contribution is -2.35. The Bertz CT molecular complexity index is 311. The van der Waals surface area contributed by atoms with E-state index >= 15 is 0 Å². The second kappa shape index (κ2) is 4.35. The first-order valence-electron chi connectivity index (χ1n) is 6.70. The van der Waals surface area contributed by atoms with Crippen LogP contribution in [0.15, 0.2) is 11.6 Å². The van der Waals surface area contributed by atoms with Crippen LogP contribution in [0.3, 0.4) is 0 Å². The van der Waals surface area contributed by atoms with Crippen molar-refractivity contribution in [2.75, 3.05) is 0 Å². The standard InChI is InChI=1S/C15H24O/c1-11-7-9-12(10-8-11)15(2,3)13-5-4-6-14(13)16/h7,12-13H,4-6,8-10H2,1-3H3. The molecular weight excluding hydrogens is 196 g/mol. The molecule has 0 amide bonds.